The van der Waals surface area contributed by atoms with E-state index in [1.807, 2.05) is 24.3 Å². The Morgan fingerprint density at radius 1 is 1.25 bits per heavy atom. The monoisotopic (exact) mass is 400 g/mol. The van der Waals surface area contributed by atoms with Gasteiger partial charge < -0.3 is 14.9 Å². The van der Waals surface area contributed by atoms with Crippen molar-refractivity contribution in [1.29, 1.82) is 0 Å². The molecule has 7 heteroatoms. The second-order valence-corrected chi connectivity index (χ2v) is 9.87. The quantitative estimate of drug-likeness (QED) is 0.754. The SMILES string of the molecule is C[N+]1(C)CCc2nc(CNC(=O)C3(CC(=O)O)Cc4ccccc4C3)sc2C1. The van der Waals surface area contributed by atoms with E-state index < -0.39 is 11.4 Å². The Bertz CT molecular complexity index is 910. The summed E-state index contributed by atoms with van der Waals surface area (Å²) < 4.78 is 0.959. The van der Waals surface area contributed by atoms with E-state index in [0.717, 1.165) is 45.8 Å². The second-order valence-electron chi connectivity index (χ2n) is 8.70. The first kappa shape index (κ1) is 19.1. The van der Waals surface area contributed by atoms with Gasteiger partial charge in [-0.05, 0) is 24.0 Å². The van der Waals surface area contributed by atoms with Gasteiger partial charge in [0.1, 0.15) is 11.6 Å². The van der Waals surface area contributed by atoms with Crippen LogP contribution in [0.25, 0.3) is 0 Å². The molecule has 2 aromatic rings. The summed E-state index contributed by atoms with van der Waals surface area (Å²) in [5, 5.41) is 13.3. The number of benzene rings is 1. The Hall–Kier alpha value is -2.25. The molecule has 2 aliphatic rings. The summed E-state index contributed by atoms with van der Waals surface area (Å²) in [7, 11) is 4.44. The molecule has 0 spiro atoms. The minimum absolute atomic E-state index is 0.159. The van der Waals surface area contributed by atoms with Crippen molar-refractivity contribution in [1.82, 2.24) is 10.3 Å². The number of quaternary nitrogens is 1. The molecular weight excluding hydrogens is 374 g/mol. The Labute approximate surface area is 168 Å². The summed E-state index contributed by atoms with van der Waals surface area (Å²) in [5.41, 5.74) is 2.39. The van der Waals surface area contributed by atoms with Crippen molar-refractivity contribution in [2.45, 2.75) is 38.8 Å². The maximum atomic E-state index is 13.1. The van der Waals surface area contributed by atoms with Crippen LogP contribution in [-0.2, 0) is 41.9 Å². The van der Waals surface area contributed by atoms with Crippen molar-refractivity contribution in [3.05, 3.63) is 51.0 Å². The fourth-order valence-corrected chi connectivity index (χ4v) is 5.66. The van der Waals surface area contributed by atoms with Crippen LogP contribution in [0.4, 0.5) is 0 Å². The summed E-state index contributed by atoms with van der Waals surface area (Å²) in [4.78, 5) is 30.6. The number of aromatic nitrogens is 1. The smallest absolute Gasteiger partial charge is 0.304 e. The Kier molecular flexibility index (Phi) is 4.75. The van der Waals surface area contributed by atoms with Crippen molar-refractivity contribution in [2.24, 2.45) is 5.41 Å². The summed E-state index contributed by atoms with van der Waals surface area (Å²) in [6.45, 7) is 2.41. The van der Waals surface area contributed by atoms with E-state index in [2.05, 4.69) is 19.4 Å². The normalized spacial score (nSPS) is 18.9. The second kappa shape index (κ2) is 6.97. The van der Waals surface area contributed by atoms with Gasteiger partial charge in [0.05, 0.1) is 49.6 Å². The van der Waals surface area contributed by atoms with Crippen molar-refractivity contribution in [2.75, 3.05) is 20.6 Å². The third kappa shape index (κ3) is 3.69. The average molecular weight is 401 g/mol. The molecule has 1 aromatic heterocycles. The lowest BCUT2D eigenvalue weighted by atomic mass is 9.80. The average Bonchev–Trinajstić information content (AvgIpc) is 3.18. The zero-order chi connectivity index (χ0) is 19.9. The largest absolute Gasteiger partial charge is 0.481 e. The fraction of sp³-hybridized carbons (Fsp3) is 0.476. The number of nitrogens with one attached hydrogen (secondary N) is 1. The lowest BCUT2D eigenvalue weighted by Crippen LogP contribution is -2.43. The third-order valence-electron chi connectivity index (χ3n) is 5.90. The lowest BCUT2D eigenvalue weighted by Gasteiger charge is -2.32. The molecule has 0 fully saturated rings. The molecule has 0 atom stereocenters. The third-order valence-corrected chi connectivity index (χ3v) is 6.98. The van der Waals surface area contributed by atoms with Crippen LogP contribution >= 0.6 is 11.3 Å². The molecule has 6 nitrogen and oxygen atoms in total. The van der Waals surface area contributed by atoms with Crippen molar-refractivity contribution >= 4 is 23.2 Å². The number of likely N-dealkylation sites (N-methyl/N-ethyl adjacent to an activating group) is 1. The number of hydrogen-bond donors (Lipinski definition) is 2. The zero-order valence-electron chi connectivity index (χ0n) is 16.3. The fourth-order valence-electron chi connectivity index (χ4n) is 4.40. The van der Waals surface area contributed by atoms with Gasteiger partial charge in [0.25, 0.3) is 0 Å². The standard InChI is InChI=1S/C21H25N3O3S/c1-24(2)8-7-16-17(13-24)28-18(23-16)12-22-20(27)21(11-19(25)26)9-14-5-3-4-6-15(14)10-21/h3-6H,7-13H2,1-2H3,(H-,22,25,26,27)/p+1. The van der Waals surface area contributed by atoms with E-state index in [1.54, 1.807) is 11.3 Å². The molecule has 0 saturated heterocycles. The molecule has 2 N–H and O–H groups in total. The van der Waals surface area contributed by atoms with Gasteiger partial charge >= 0.3 is 5.97 Å². The Morgan fingerprint density at radius 3 is 2.57 bits per heavy atom. The number of amides is 1. The predicted octanol–water partition coefficient (Wildman–Crippen LogP) is 2.15. The molecule has 1 amide bonds. The number of carboxylic acids is 1. The molecule has 1 aliphatic heterocycles. The van der Waals surface area contributed by atoms with Gasteiger partial charge in [-0.25, -0.2) is 4.98 Å². The van der Waals surface area contributed by atoms with Gasteiger partial charge in [-0.3, -0.25) is 9.59 Å². The number of carboxylic acid groups (broad SMARTS) is 1. The highest BCUT2D eigenvalue weighted by Crippen LogP contribution is 2.40. The van der Waals surface area contributed by atoms with Gasteiger partial charge in [0.2, 0.25) is 5.91 Å². The number of carbonyl (C=O) groups is 2. The van der Waals surface area contributed by atoms with Crippen LogP contribution in [0, 0.1) is 5.41 Å². The highest BCUT2D eigenvalue weighted by molar-refractivity contribution is 7.11. The topological polar surface area (TPSA) is 79.3 Å². The van der Waals surface area contributed by atoms with Gasteiger partial charge in [-0.15, -0.1) is 11.3 Å². The number of rotatable bonds is 5. The molecular formula is C21H26N3O3S+. The maximum absolute atomic E-state index is 13.1. The first-order chi connectivity index (χ1) is 13.3. The van der Waals surface area contributed by atoms with Crippen LogP contribution in [0.15, 0.2) is 24.3 Å². The summed E-state index contributed by atoms with van der Waals surface area (Å²) in [5.74, 6) is -1.12. The highest BCUT2D eigenvalue weighted by atomic mass is 32.1. The number of aliphatic carboxylic acids is 1. The van der Waals surface area contributed by atoms with Crippen LogP contribution in [-0.4, -0.2) is 47.1 Å². The van der Waals surface area contributed by atoms with E-state index in [1.165, 1.54) is 4.88 Å². The zero-order valence-corrected chi connectivity index (χ0v) is 17.1. The van der Waals surface area contributed by atoms with E-state index in [0.29, 0.717) is 19.4 Å². The number of carbonyl (C=O) groups excluding carboxylic acids is 1. The number of thiazole rings is 1. The van der Waals surface area contributed by atoms with Crippen LogP contribution in [0.1, 0.15) is 33.1 Å². The van der Waals surface area contributed by atoms with Crippen LogP contribution in [0.3, 0.4) is 0 Å². The van der Waals surface area contributed by atoms with Crippen LogP contribution in [0.2, 0.25) is 0 Å². The van der Waals surface area contributed by atoms with Crippen molar-refractivity contribution in [3.63, 3.8) is 0 Å². The van der Waals surface area contributed by atoms with Gasteiger partial charge in [0, 0.05) is 6.42 Å². The molecule has 4 rings (SSSR count). The van der Waals surface area contributed by atoms with Gasteiger partial charge in [-0.1, -0.05) is 24.3 Å². The number of fused-ring (bicyclic) bond motifs is 2. The molecule has 1 aliphatic carbocycles. The minimum Gasteiger partial charge on any atom is -0.481 e. The number of nitrogens with zero attached hydrogens (tertiary/aromatic N) is 2. The molecule has 148 valence electrons. The molecule has 28 heavy (non-hydrogen) atoms. The maximum Gasteiger partial charge on any atom is 0.304 e. The molecule has 0 saturated carbocycles. The predicted molar refractivity (Wildman–Crippen MR) is 107 cm³/mol. The lowest BCUT2D eigenvalue weighted by molar-refractivity contribution is -0.905. The summed E-state index contributed by atoms with van der Waals surface area (Å²) >= 11 is 1.66. The van der Waals surface area contributed by atoms with Crippen LogP contribution < -0.4 is 5.32 Å². The minimum atomic E-state index is -0.937. The first-order valence-electron chi connectivity index (χ1n) is 9.63. The van der Waals surface area contributed by atoms with Gasteiger partial charge in [-0.2, -0.15) is 0 Å². The van der Waals surface area contributed by atoms with E-state index in [4.69, 9.17) is 4.98 Å². The van der Waals surface area contributed by atoms with E-state index in [-0.39, 0.29) is 12.3 Å². The van der Waals surface area contributed by atoms with Crippen molar-refractivity contribution in [3.8, 4) is 0 Å². The molecule has 1 aromatic carbocycles. The summed E-state index contributed by atoms with van der Waals surface area (Å²) in [6.07, 6.45) is 1.75. The van der Waals surface area contributed by atoms with E-state index in [9.17, 15) is 14.7 Å². The Balaban J connectivity index is 1.48. The molecule has 0 unspecified atom stereocenters. The van der Waals surface area contributed by atoms with Crippen LogP contribution in [0.5, 0.6) is 0 Å². The highest BCUT2D eigenvalue weighted by Gasteiger charge is 2.45. The molecule has 0 radical (unpaired) electrons. The number of hydrogen-bond acceptors (Lipinski definition) is 4. The molecule has 0 bridgehead atoms. The van der Waals surface area contributed by atoms with Crippen molar-refractivity contribution < 1.29 is 19.2 Å². The summed E-state index contributed by atoms with van der Waals surface area (Å²) in [6, 6.07) is 7.85. The van der Waals surface area contributed by atoms with E-state index >= 15 is 0 Å². The van der Waals surface area contributed by atoms with Gasteiger partial charge in [0.15, 0.2) is 0 Å². The Morgan fingerprint density at radius 2 is 1.93 bits per heavy atom. The molecule has 2 heterocycles. The first-order valence-corrected chi connectivity index (χ1v) is 10.4.